The van der Waals surface area contributed by atoms with Crippen molar-refractivity contribution in [2.75, 3.05) is 6.54 Å². The number of rotatable bonds is 8. The number of amides is 1. The van der Waals surface area contributed by atoms with Gasteiger partial charge in [-0.25, -0.2) is 0 Å². The van der Waals surface area contributed by atoms with E-state index in [-0.39, 0.29) is 11.1 Å². The minimum atomic E-state index is -0.765. The van der Waals surface area contributed by atoms with Crippen molar-refractivity contribution in [3.63, 3.8) is 0 Å². The summed E-state index contributed by atoms with van der Waals surface area (Å²) in [7, 11) is 0. The molecule has 24 heavy (non-hydrogen) atoms. The van der Waals surface area contributed by atoms with Gasteiger partial charge in [0.05, 0.1) is 0 Å². The number of nitrogens with one attached hydrogen (secondary N) is 1. The van der Waals surface area contributed by atoms with Crippen LogP contribution in [0.3, 0.4) is 0 Å². The van der Waals surface area contributed by atoms with E-state index in [1.54, 1.807) is 12.1 Å². The molecule has 1 aliphatic rings. The number of aliphatic hydroxyl groups excluding tert-OH is 1. The van der Waals surface area contributed by atoms with E-state index in [9.17, 15) is 19.5 Å². The summed E-state index contributed by atoms with van der Waals surface area (Å²) >= 11 is 0. The van der Waals surface area contributed by atoms with Crippen LogP contribution in [-0.4, -0.2) is 29.1 Å². The van der Waals surface area contributed by atoms with Crippen molar-refractivity contribution < 1.29 is 19.5 Å². The van der Waals surface area contributed by atoms with Gasteiger partial charge in [0, 0.05) is 17.7 Å². The number of hydrogen-bond donors (Lipinski definition) is 2. The van der Waals surface area contributed by atoms with Gasteiger partial charge < -0.3 is 10.4 Å². The van der Waals surface area contributed by atoms with Crippen LogP contribution in [0.25, 0.3) is 0 Å². The normalized spacial score (nSPS) is 13.9. The van der Waals surface area contributed by atoms with Crippen molar-refractivity contribution in [3.05, 3.63) is 46.7 Å². The molecule has 2 rings (SSSR count). The van der Waals surface area contributed by atoms with Crippen molar-refractivity contribution in [3.8, 4) is 0 Å². The molecule has 128 valence electrons. The van der Waals surface area contributed by atoms with Crippen LogP contribution < -0.4 is 5.32 Å². The van der Waals surface area contributed by atoms with Gasteiger partial charge in [0.15, 0.2) is 5.76 Å². The van der Waals surface area contributed by atoms with E-state index >= 15 is 0 Å². The van der Waals surface area contributed by atoms with E-state index in [4.69, 9.17) is 0 Å². The van der Waals surface area contributed by atoms with Crippen LogP contribution in [0.2, 0.25) is 0 Å². The van der Waals surface area contributed by atoms with Crippen molar-refractivity contribution in [1.82, 2.24) is 5.32 Å². The first kappa shape index (κ1) is 17.9. The smallest absolute Gasteiger partial charge is 0.259 e. The number of aliphatic hydroxyl groups is 1. The standard InChI is InChI=1S/C19H23NO4/c1-2-3-4-5-6-9-12-20-19(24)15-16(21)13-10-7-8-11-14(13)17(22)18(15)23/h7-8,10-11,23H,2-6,9,12H2,1H3,(H,20,24). The van der Waals surface area contributed by atoms with Crippen LogP contribution in [0, 0.1) is 0 Å². The number of fused-ring (bicyclic) bond motifs is 1. The number of benzene rings is 1. The summed E-state index contributed by atoms with van der Waals surface area (Å²) in [6.45, 7) is 2.58. The lowest BCUT2D eigenvalue weighted by Gasteiger charge is -2.17. The molecular weight excluding hydrogens is 306 g/mol. The number of carbonyl (C=O) groups excluding carboxylic acids is 3. The number of hydrogen-bond acceptors (Lipinski definition) is 4. The molecule has 0 spiro atoms. The van der Waals surface area contributed by atoms with E-state index in [0.29, 0.717) is 6.54 Å². The van der Waals surface area contributed by atoms with Crippen molar-refractivity contribution in [2.24, 2.45) is 0 Å². The van der Waals surface area contributed by atoms with Crippen LogP contribution in [0.1, 0.15) is 66.2 Å². The van der Waals surface area contributed by atoms with Gasteiger partial charge >= 0.3 is 0 Å². The zero-order valence-corrected chi connectivity index (χ0v) is 13.9. The lowest BCUT2D eigenvalue weighted by Crippen LogP contribution is -2.34. The zero-order chi connectivity index (χ0) is 17.5. The fourth-order valence-corrected chi connectivity index (χ4v) is 2.77. The lowest BCUT2D eigenvalue weighted by molar-refractivity contribution is -0.117. The van der Waals surface area contributed by atoms with Crippen molar-refractivity contribution in [1.29, 1.82) is 0 Å². The summed E-state index contributed by atoms with van der Waals surface area (Å²) < 4.78 is 0. The largest absolute Gasteiger partial charge is 0.503 e. The predicted molar refractivity (Wildman–Crippen MR) is 91.1 cm³/mol. The molecule has 0 saturated heterocycles. The highest BCUT2D eigenvalue weighted by molar-refractivity contribution is 6.35. The highest BCUT2D eigenvalue weighted by Crippen LogP contribution is 2.25. The fourth-order valence-electron chi connectivity index (χ4n) is 2.77. The van der Waals surface area contributed by atoms with Gasteiger partial charge in [-0.3, -0.25) is 14.4 Å². The minimum Gasteiger partial charge on any atom is -0.503 e. The van der Waals surface area contributed by atoms with E-state index in [0.717, 1.165) is 19.3 Å². The molecule has 0 heterocycles. The fraction of sp³-hybridized carbons (Fsp3) is 0.421. The molecule has 0 saturated carbocycles. The highest BCUT2D eigenvalue weighted by atomic mass is 16.3. The maximum Gasteiger partial charge on any atom is 0.259 e. The van der Waals surface area contributed by atoms with Crippen LogP contribution in [0.4, 0.5) is 0 Å². The second kappa shape index (κ2) is 8.43. The predicted octanol–water partition coefficient (Wildman–Crippen LogP) is 3.35. The Kier molecular flexibility index (Phi) is 6.29. The van der Waals surface area contributed by atoms with Crippen LogP contribution in [0.15, 0.2) is 35.6 Å². The first-order valence-electron chi connectivity index (χ1n) is 8.47. The van der Waals surface area contributed by atoms with E-state index in [1.165, 1.54) is 31.4 Å². The molecule has 0 radical (unpaired) electrons. The Morgan fingerprint density at radius 3 is 2.21 bits per heavy atom. The molecule has 0 fully saturated rings. The number of unbranched alkanes of at least 4 members (excludes halogenated alkanes) is 5. The van der Waals surface area contributed by atoms with Crippen LogP contribution >= 0.6 is 0 Å². The highest BCUT2D eigenvalue weighted by Gasteiger charge is 2.35. The number of ketones is 2. The van der Waals surface area contributed by atoms with Crippen molar-refractivity contribution in [2.45, 2.75) is 45.4 Å². The Hall–Kier alpha value is -2.43. The molecule has 1 aromatic rings. The number of allylic oxidation sites excluding steroid dienone is 1. The van der Waals surface area contributed by atoms with Gasteiger partial charge in [0.25, 0.3) is 5.91 Å². The summed E-state index contributed by atoms with van der Waals surface area (Å²) in [6.07, 6.45) is 6.50. The molecule has 0 unspecified atom stereocenters. The third kappa shape index (κ3) is 3.91. The molecule has 0 aromatic heterocycles. The maximum atomic E-state index is 12.4. The zero-order valence-electron chi connectivity index (χ0n) is 13.9. The molecule has 1 amide bonds. The molecule has 0 bridgehead atoms. The molecule has 5 nitrogen and oxygen atoms in total. The van der Waals surface area contributed by atoms with Gasteiger partial charge in [-0.2, -0.15) is 0 Å². The van der Waals surface area contributed by atoms with Gasteiger partial charge in [0.1, 0.15) is 5.57 Å². The van der Waals surface area contributed by atoms with E-state index < -0.39 is 28.8 Å². The van der Waals surface area contributed by atoms with Gasteiger partial charge in [-0.1, -0.05) is 63.3 Å². The summed E-state index contributed by atoms with van der Waals surface area (Å²) in [6, 6.07) is 6.19. The number of Topliss-reactive ketones (excluding diaryl/α,β-unsaturated/α-hetero) is 2. The Morgan fingerprint density at radius 1 is 0.958 bits per heavy atom. The summed E-state index contributed by atoms with van der Waals surface area (Å²) in [5, 5.41) is 12.6. The first-order chi connectivity index (χ1) is 11.6. The molecule has 0 aliphatic heterocycles. The molecule has 1 aliphatic carbocycles. The summed E-state index contributed by atoms with van der Waals surface area (Å²) in [4.78, 5) is 36.7. The monoisotopic (exact) mass is 329 g/mol. The van der Waals surface area contributed by atoms with E-state index in [2.05, 4.69) is 12.2 Å². The van der Waals surface area contributed by atoms with E-state index in [1.807, 2.05) is 0 Å². The van der Waals surface area contributed by atoms with Gasteiger partial charge in [-0.15, -0.1) is 0 Å². The third-order valence-electron chi connectivity index (χ3n) is 4.14. The average molecular weight is 329 g/mol. The molecule has 2 N–H and O–H groups in total. The lowest BCUT2D eigenvalue weighted by atomic mass is 9.88. The van der Waals surface area contributed by atoms with Crippen LogP contribution in [-0.2, 0) is 4.79 Å². The topological polar surface area (TPSA) is 83.5 Å². The minimum absolute atomic E-state index is 0.132. The van der Waals surface area contributed by atoms with Gasteiger partial charge in [0.2, 0.25) is 11.6 Å². The maximum absolute atomic E-state index is 12.4. The average Bonchev–Trinajstić information content (AvgIpc) is 2.59. The number of carbonyl (C=O) groups is 3. The Morgan fingerprint density at radius 2 is 1.54 bits per heavy atom. The Bertz CT molecular complexity index is 676. The van der Waals surface area contributed by atoms with Crippen LogP contribution in [0.5, 0.6) is 0 Å². The Labute approximate surface area is 141 Å². The first-order valence-corrected chi connectivity index (χ1v) is 8.47. The SMILES string of the molecule is CCCCCCCCNC(=O)C1=C(O)C(=O)c2ccccc2C1=O. The second-order valence-corrected chi connectivity index (χ2v) is 5.95. The second-order valence-electron chi connectivity index (χ2n) is 5.95. The van der Waals surface area contributed by atoms with Gasteiger partial charge in [-0.05, 0) is 6.42 Å². The summed E-state index contributed by atoms with van der Waals surface area (Å²) in [5.74, 6) is -2.74. The Balaban J connectivity index is 1.96. The third-order valence-corrected chi connectivity index (χ3v) is 4.14. The molecular formula is C19H23NO4. The quantitative estimate of drug-likeness (QED) is 0.566. The molecule has 5 heteroatoms. The molecule has 1 aromatic carbocycles. The van der Waals surface area contributed by atoms with Crippen molar-refractivity contribution >= 4 is 17.5 Å². The molecule has 0 atom stereocenters. The summed E-state index contributed by atoms with van der Waals surface area (Å²) in [5.41, 5.74) is -0.165.